The predicted molar refractivity (Wildman–Crippen MR) is 118 cm³/mol. The van der Waals surface area contributed by atoms with Crippen molar-refractivity contribution in [2.24, 2.45) is 0 Å². The van der Waals surface area contributed by atoms with Gasteiger partial charge in [0.2, 0.25) is 0 Å². The minimum atomic E-state index is -4.34. The molecule has 0 unspecified atom stereocenters. The molecule has 0 radical (unpaired) electrons. The Hall–Kier alpha value is -2.34. The first-order chi connectivity index (χ1) is 14.5. The Bertz CT molecular complexity index is 1050. The van der Waals surface area contributed by atoms with E-state index in [-0.39, 0.29) is 11.5 Å². The van der Waals surface area contributed by atoms with Crippen molar-refractivity contribution in [1.82, 2.24) is 14.5 Å². The third kappa shape index (κ3) is 4.64. The molecule has 1 saturated heterocycles. The zero-order valence-electron chi connectivity index (χ0n) is 18.6. The molecule has 2 heterocycles. The second-order valence-corrected chi connectivity index (χ2v) is 9.68. The van der Waals surface area contributed by atoms with E-state index in [0.29, 0.717) is 5.52 Å². The highest BCUT2D eigenvalue weighted by Crippen LogP contribution is 2.34. The summed E-state index contributed by atoms with van der Waals surface area (Å²) in [6, 6.07) is 13.0. The van der Waals surface area contributed by atoms with Crippen LogP contribution in [0.3, 0.4) is 0 Å². The molecule has 0 amide bonds. The van der Waals surface area contributed by atoms with Crippen molar-refractivity contribution in [1.29, 1.82) is 0 Å². The smallest absolute Gasteiger partial charge is 0.325 e. The van der Waals surface area contributed by atoms with Gasteiger partial charge < -0.3 is 4.57 Å². The molecule has 1 aliphatic heterocycles. The Balaban J connectivity index is 1.44. The van der Waals surface area contributed by atoms with Gasteiger partial charge in [0.25, 0.3) is 0 Å². The summed E-state index contributed by atoms with van der Waals surface area (Å²) in [7, 11) is 0. The number of fused-ring (bicyclic) bond motifs is 1. The number of alkyl halides is 3. The molecule has 3 nitrogen and oxygen atoms in total. The normalized spacial score (nSPS) is 16.9. The maximum absolute atomic E-state index is 13.0. The maximum atomic E-state index is 13.0. The minimum Gasteiger partial charge on any atom is -0.325 e. The van der Waals surface area contributed by atoms with Crippen LogP contribution in [0.25, 0.3) is 11.0 Å². The molecule has 3 aromatic rings. The molecule has 1 fully saturated rings. The quantitative estimate of drug-likeness (QED) is 0.474. The molecule has 0 aliphatic carbocycles. The maximum Gasteiger partial charge on any atom is 0.416 e. The van der Waals surface area contributed by atoms with Crippen LogP contribution in [0.15, 0.2) is 42.5 Å². The molecule has 166 valence electrons. The number of halogens is 3. The van der Waals surface area contributed by atoms with Crippen molar-refractivity contribution in [2.75, 3.05) is 13.1 Å². The van der Waals surface area contributed by atoms with Crippen molar-refractivity contribution in [3.63, 3.8) is 0 Å². The Morgan fingerprint density at radius 1 is 0.935 bits per heavy atom. The number of hydrogen-bond acceptors (Lipinski definition) is 2. The van der Waals surface area contributed by atoms with Gasteiger partial charge >= 0.3 is 6.18 Å². The number of piperidine rings is 1. The number of aromatic nitrogens is 2. The molecular formula is C25H30F3N3. The van der Waals surface area contributed by atoms with Gasteiger partial charge in [0.15, 0.2) is 0 Å². The zero-order valence-corrected chi connectivity index (χ0v) is 18.6. The summed E-state index contributed by atoms with van der Waals surface area (Å²) in [5.74, 6) is 0.783. The number of aryl methyl sites for hydroxylation is 1. The van der Waals surface area contributed by atoms with Crippen LogP contribution in [-0.2, 0) is 18.1 Å². The van der Waals surface area contributed by atoms with Gasteiger partial charge in [0.05, 0.1) is 16.6 Å². The highest BCUT2D eigenvalue weighted by atomic mass is 19.4. The summed E-state index contributed by atoms with van der Waals surface area (Å²) in [6.07, 6.45) is -2.41. The first-order valence-corrected chi connectivity index (χ1v) is 10.9. The topological polar surface area (TPSA) is 21.1 Å². The lowest BCUT2D eigenvalue weighted by atomic mass is 9.86. The van der Waals surface area contributed by atoms with Gasteiger partial charge in [-0.05, 0) is 54.5 Å². The molecule has 0 N–H and O–H groups in total. The number of benzene rings is 2. The molecule has 0 bridgehead atoms. The third-order valence-corrected chi connectivity index (χ3v) is 6.34. The molecule has 2 aromatic carbocycles. The third-order valence-electron chi connectivity index (χ3n) is 6.34. The Morgan fingerprint density at radius 3 is 2.13 bits per heavy atom. The van der Waals surface area contributed by atoms with Crippen LogP contribution in [0.4, 0.5) is 13.2 Å². The Morgan fingerprint density at radius 2 is 1.55 bits per heavy atom. The van der Waals surface area contributed by atoms with Gasteiger partial charge in [-0.3, -0.25) is 4.90 Å². The Labute approximate surface area is 181 Å². The van der Waals surface area contributed by atoms with Gasteiger partial charge in [0.1, 0.15) is 5.82 Å². The molecule has 6 heteroatoms. The standard InChI is InChI=1S/C25H30F3N3/c1-17-29-22-15-20(25(26,27)28)9-10-23(22)31(17)21-11-13-30(14-12-21)16-18-5-7-19(8-6-18)24(2,3)4/h5-10,15,21H,11-14,16H2,1-4H3. The van der Waals surface area contributed by atoms with Crippen LogP contribution in [-0.4, -0.2) is 27.5 Å². The van der Waals surface area contributed by atoms with E-state index in [2.05, 4.69) is 59.5 Å². The summed E-state index contributed by atoms with van der Waals surface area (Å²) >= 11 is 0. The second kappa shape index (κ2) is 7.97. The number of likely N-dealkylation sites (tertiary alicyclic amines) is 1. The summed E-state index contributed by atoms with van der Waals surface area (Å²) in [6.45, 7) is 11.4. The van der Waals surface area contributed by atoms with E-state index < -0.39 is 11.7 Å². The van der Waals surface area contributed by atoms with Gasteiger partial charge in [-0.15, -0.1) is 0 Å². The molecule has 0 spiro atoms. The lowest BCUT2D eigenvalue weighted by molar-refractivity contribution is -0.137. The van der Waals surface area contributed by atoms with E-state index in [1.54, 1.807) is 6.07 Å². The minimum absolute atomic E-state index is 0.156. The van der Waals surface area contributed by atoms with Crippen molar-refractivity contribution in [3.8, 4) is 0 Å². The van der Waals surface area contributed by atoms with Gasteiger partial charge in [-0.1, -0.05) is 45.0 Å². The van der Waals surface area contributed by atoms with Crippen molar-refractivity contribution < 1.29 is 13.2 Å². The molecular weight excluding hydrogens is 399 g/mol. The molecule has 0 saturated carbocycles. The van der Waals surface area contributed by atoms with Crippen LogP contribution in [0.5, 0.6) is 0 Å². The van der Waals surface area contributed by atoms with Gasteiger partial charge in [0, 0.05) is 25.7 Å². The SMILES string of the molecule is Cc1nc2cc(C(F)(F)F)ccc2n1C1CCN(Cc2ccc(C(C)(C)C)cc2)CC1. The summed E-state index contributed by atoms with van der Waals surface area (Å²) in [5, 5.41) is 0. The average molecular weight is 430 g/mol. The average Bonchev–Trinajstić information content (AvgIpc) is 3.02. The van der Waals surface area contributed by atoms with Crippen LogP contribution < -0.4 is 0 Å². The number of hydrogen-bond donors (Lipinski definition) is 0. The van der Waals surface area contributed by atoms with Crippen molar-refractivity contribution in [2.45, 2.75) is 64.7 Å². The van der Waals surface area contributed by atoms with Crippen LogP contribution in [0.2, 0.25) is 0 Å². The summed E-state index contributed by atoms with van der Waals surface area (Å²) in [5.41, 5.74) is 3.39. The molecule has 1 aromatic heterocycles. The van der Waals surface area contributed by atoms with Crippen LogP contribution >= 0.6 is 0 Å². The fourth-order valence-electron chi connectivity index (χ4n) is 4.56. The summed E-state index contributed by atoms with van der Waals surface area (Å²) < 4.78 is 41.2. The highest BCUT2D eigenvalue weighted by molar-refractivity contribution is 5.77. The largest absolute Gasteiger partial charge is 0.416 e. The number of nitrogens with zero attached hydrogens (tertiary/aromatic N) is 3. The molecule has 4 rings (SSSR count). The first-order valence-electron chi connectivity index (χ1n) is 10.9. The first kappa shape index (κ1) is 21.9. The predicted octanol–water partition coefficient (Wildman–Crippen LogP) is 6.50. The summed E-state index contributed by atoms with van der Waals surface area (Å²) in [4.78, 5) is 6.88. The fraction of sp³-hybridized carbons (Fsp3) is 0.480. The second-order valence-electron chi connectivity index (χ2n) is 9.68. The molecule has 31 heavy (non-hydrogen) atoms. The zero-order chi connectivity index (χ0) is 22.4. The van der Waals surface area contributed by atoms with Crippen molar-refractivity contribution in [3.05, 3.63) is 65.0 Å². The fourth-order valence-corrected chi connectivity index (χ4v) is 4.56. The molecule has 1 aliphatic rings. The van der Waals surface area contributed by atoms with E-state index in [1.165, 1.54) is 11.1 Å². The van der Waals surface area contributed by atoms with E-state index >= 15 is 0 Å². The van der Waals surface area contributed by atoms with E-state index in [0.717, 1.165) is 55.9 Å². The van der Waals surface area contributed by atoms with E-state index in [9.17, 15) is 13.2 Å². The Kier molecular flexibility index (Phi) is 5.63. The molecule has 0 atom stereocenters. The number of rotatable bonds is 3. The van der Waals surface area contributed by atoms with Gasteiger partial charge in [-0.2, -0.15) is 13.2 Å². The van der Waals surface area contributed by atoms with E-state index in [4.69, 9.17) is 0 Å². The van der Waals surface area contributed by atoms with Crippen LogP contribution in [0.1, 0.15) is 62.2 Å². The lowest BCUT2D eigenvalue weighted by Gasteiger charge is -2.33. The van der Waals surface area contributed by atoms with E-state index in [1.807, 2.05) is 6.92 Å². The monoisotopic (exact) mass is 429 g/mol. The van der Waals surface area contributed by atoms with Gasteiger partial charge in [-0.25, -0.2) is 4.98 Å². The number of imidazole rings is 1. The van der Waals surface area contributed by atoms with Crippen LogP contribution in [0, 0.1) is 6.92 Å². The lowest BCUT2D eigenvalue weighted by Crippen LogP contribution is -2.34. The van der Waals surface area contributed by atoms with Crippen molar-refractivity contribution >= 4 is 11.0 Å². The highest BCUT2D eigenvalue weighted by Gasteiger charge is 2.31.